The molecule has 0 radical (unpaired) electrons. The summed E-state index contributed by atoms with van der Waals surface area (Å²) in [5.74, 6) is 0.777. The van der Waals surface area contributed by atoms with Gasteiger partial charge in [-0.3, -0.25) is 0 Å². The first-order valence-electron chi connectivity index (χ1n) is 3.91. The molecule has 0 amide bonds. The van der Waals surface area contributed by atoms with Gasteiger partial charge in [0.05, 0.1) is 10.2 Å². The molecule has 0 unspecified atom stereocenters. The summed E-state index contributed by atoms with van der Waals surface area (Å²) in [5, 5.41) is 2.07. The molecule has 0 atom stereocenters. The predicted octanol–water partition coefficient (Wildman–Crippen LogP) is 1.85. The van der Waals surface area contributed by atoms with Crippen LogP contribution in [-0.4, -0.2) is 11.2 Å². The van der Waals surface area contributed by atoms with Gasteiger partial charge in [-0.25, -0.2) is 4.68 Å². The molecule has 0 saturated heterocycles. The Hall–Kier alpha value is -1.16. The minimum absolute atomic E-state index is 0.777. The standard InChI is InChI=1S/C8H11N3S/c1-2-10-11-6-3-4-12-7(6)5-8(11)9/h3-5,10H,2,9H2,1H3. The van der Waals surface area contributed by atoms with Crippen molar-refractivity contribution in [2.24, 2.45) is 0 Å². The highest BCUT2D eigenvalue weighted by molar-refractivity contribution is 7.17. The lowest BCUT2D eigenvalue weighted by molar-refractivity contribution is 0.912. The molecule has 12 heavy (non-hydrogen) atoms. The van der Waals surface area contributed by atoms with Gasteiger partial charge in [-0.15, -0.1) is 11.3 Å². The van der Waals surface area contributed by atoms with Crippen LogP contribution in [0.15, 0.2) is 17.5 Å². The van der Waals surface area contributed by atoms with Crippen molar-refractivity contribution in [2.45, 2.75) is 6.92 Å². The fourth-order valence-electron chi connectivity index (χ4n) is 1.28. The molecular weight excluding hydrogens is 170 g/mol. The van der Waals surface area contributed by atoms with E-state index in [-0.39, 0.29) is 0 Å². The molecule has 0 fully saturated rings. The lowest BCUT2D eigenvalue weighted by Crippen LogP contribution is -2.15. The fraction of sp³-hybridized carbons (Fsp3) is 0.250. The van der Waals surface area contributed by atoms with E-state index in [0.717, 1.165) is 12.4 Å². The van der Waals surface area contributed by atoms with Crippen LogP contribution >= 0.6 is 11.3 Å². The molecule has 0 aromatic carbocycles. The van der Waals surface area contributed by atoms with Gasteiger partial charge in [0.15, 0.2) is 0 Å². The van der Waals surface area contributed by atoms with Crippen molar-refractivity contribution in [2.75, 3.05) is 17.7 Å². The maximum Gasteiger partial charge on any atom is 0.124 e. The molecule has 64 valence electrons. The summed E-state index contributed by atoms with van der Waals surface area (Å²) in [5.41, 5.74) is 10.1. The van der Waals surface area contributed by atoms with E-state index >= 15 is 0 Å². The van der Waals surface area contributed by atoms with Crippen LogP contribution in [0.2, 0.25) is 0 Å². The van der Waals surface area contributed by atoms with Crippen molar-refractivity contribution in [3.05, 3.63) is 17.5 Å². The Kier molecular flexibility index (Phi) is 1.69. The number of fused-ring (bicyclic) bond motifs is 1. The molecule has 3 nitrogen and oxygen atoms in total. The highest BCUT2D eigenvalue weighted by atomic mass is 32.1. The van der Waals surface area contributed by atoms with Crippen molar-refractivity contribution >= 4 is 27.4 Å². The second kappa shape index (κ2) is 2.71. The molecule has 3 N–H and O–H groups in total. The van der Waals surface area contributed by atoms with E-state index in [1.54, 1.807) is 11.3 Å². The van der Waals surface area contributed by atoms with Gasteiger partial charge in [0.1, 0.15) is 5.82 Å². The third kappa shape index (κ3) is 0.956. The van der Waals surface area contributed by atoms with Crippen LogP contribution < -0.4 is 11.2 Å². The number of thiophene rings is 1. The lowest BCUT2D eigenvalue weighted by atomic mass is 10.5. The number of hydrogen-bond donors (Lipinski definition) is 2. The van der Waals surface area contributed by atoms with E-state index in [4.69, 9.17) is 5.73 Å². The monoisotopic (exact) mass is 181 g/mol. The van der Waals surface area contributed by atoms with Gasteiger partial charge in [0, 0.05) is 6.54 Å². The van der Waals surface area contributed by atoms with E-state index in [2.05, 4.69) is 23.8 Å². The summed E-state index contributed by atoms with van der Waals surface area (Å²) in [6.45, 7) is 2.93. The van der Waals surface area contributed by atoms with Gasteiger partial charge in [-0.05, 0) is 24.4 Å². The second-order valence-electron chi connectivity index (χ2n) is 2.59. The van der Waals surface area contributed by atoms with Crippen molar-refractivity contribution in [3.63, 3.8) is 0 Å². The molecule has 0 aliphatic heterocycles. The zero-order valence-electron chi connectivity index (χ0n) is 6.87. The van der Waals surface area contributed by atoms with E-state index in [1.165, 1.54) is 10.2 Å². The maximum absolute atomic E-state index is 5.79. The van der Waals surface area contributed by atoms with E-state index in [1.807, 2.05) is 10.7 Å². The van der Waals surface area contributed by atoms with Crippen LogP contribution in [0.4, 0.5) is 5.82 Å². The first-order valence-corrected chi connectivity index (χ1v) is 4.79. The van der Waals surface area contributed by atoms with Crippen LogP contribution in [0.1, 0.15) is 6.92 Å². The van der Waals surface area contributed by atoms with E-state index in [9.17, 15) is 0 Å². The number of aromatic nitrogens is 1. The van der Waals surface area contributed by atoms with Gasteiger partial charge in [-0.2, -0.15) is 0 Å². The van der Waals surface area contributed by atoms with Gasteiger partial charge in [0.25, 0.3) is 0 Å². The number of rotatable bonds is 2. The van der Waals surface area contributed by atoms with Crippen LogP contribution in [-0.2, 0) is 0 Å². The van der Waals surface area contributed by atoms with E-state index in [0.29, 0.717) is 0 Å². The van der Waals surface area contributed by atoms with Gasteiger partial charge >= 0.3 is 0 Å². The largest absolute Gasteiger partial charge is 0.384 e. The van der Waals surface area contributed by atoms with Crippen molar-refractivity contribution in [3.8, 4) is 0 Å². The Bertz CT molecular complexity index is 388. The number of nitrogens with zero attached hydrogens (tertiary/aromatic N) is 1. The van der Waals surface area contributed by atoms with Gasteiger partial charge in [-0.1, -0.05) is 0 Å². The smallest absolute Gasteiger partial charge is 0.124 e. The number of hydrogen-bond acceptors (Lipinski definition) is 3. The Labute approximate surface area is 74.8 Å². The fourth-order valence-corrected chi connectivity index (χ4v) is 2.09. The van der Waals surface area contributed by atoms with Crippen LogP contribution in [0, 0.1) is 0 Å². The third-order valence-electron chi connectivity index (χ3n) is 1.77. The first kappa shape index (κ1) is 7.49. The summed E-state index contributed by atoms with van der Waals surface area (Å²) in [7, 11) is 0. The molecule has 2 aromatic heterocycles. The zero-order valence-corrected chi connectivity index (χ0v) is 7.69. The Morgan fingerprint density at radius 3 is 3.25 bits per heavy atom. The molecule has 0 aliphatic rings. The average molecular weight is 181 g/mol. The van der Waals surface area contributed by atoms with Gasteiger partial charge in [0.2, 0.25) is 0 Å². The molecule has 2 rings (SSSR count). The third-order valence-corrected chi connectivity index (χ3v) is 2.62. The van der Waals surface area contributed by atoms with Crippen molar-refractivity contribution in [1.29, 1.82) is 0 Å². The summed E-state index contributed by atoms with van der Waals surface area (Å²) in [6.07, 6.45) is 0. The maximum atomic E-state index is 5.79. The molecule has 0 bridgehead atoms. The summed E-state index contributed by atoms with van der Waals surface area (Å²) in [4.78, 5) is 0. The number of nitrogens with two attached hydrogens (primary N) is 1. The minimum atomic E-state index is 0.777. The predicted molar refractivity (Wildman–Crippen MR) is 54.1 cm³/mol. The van der Waals surface area contributed by atoms with Crippen LogP contribution in [0.3, 0.4) is 0 Å². The molecule has 4 heteroatoms. The number of nitrogen functional groups attached to an aromatic ring is 1. The first-order chi connectivity index (χ1) is 5.83. The molecule has 2 heterocycles. The quantitative estimate of drug-likeness (QED) is 0.742. The molecule has 0 saturated carbocycles. The van der Waals surface area contributed by atoms with Crippen molar-refractivity contribution in [1.82, 2.24) is 4.68 Å². The minimum Gasteiger partial charge on any atom is -0.384 e. The van der Waals surface area contributed by atoms with Gasteiger partial charge < -0.3 is 11.2 Å². The zero-order chi connectivity index (χ0) is 8.55. The number of nitrogens with one attached hydrogen (secondary N) is 1. The normalized spacial score (nSPS) is 10.8. The summed E-state index contributed by atoms with van der Waals surface area (Å²) in [6, 6.07) is 4.06. The highest BCUT2D eigenvalue weighted by Crippen LogP contribution is 2.25. The molecular formula is C8H11N3S. The van der Waals surface area contributed by atoms with Crippen LogP contribution in [0.25, 0.3) is 10.2 Å². The average Bonchev–Trinajstić information content (AvgIpc) is 2.56. The lowest BCUT2D eigenvalue weighted by Gasteiger charge is -2.06. The van der Waals surface area contributed by atoms with E-state index < -0.39 is 0 Å². The summed E-state index contributed by atoms with van der Waals surface area (Å²) < 4.78 is 3.15. The SMILES string of the molecule is CCNn1c(N)cc2sccc21. The van der Waals surface area contributed by atoms with Crippen LogP contribution in [0.5, 0.6) is 0 Å². The Morgan fingerprint density at radius 2 is 2.50 bits per heavy atom. The summed E-state index contributed by atoms with van der Waals surface area (Å²) >= 11 is 1.71. The highest BCUT2D eigenvalue weighted by Gasteiger charge is 2.04. The Morgan fingerprint density at radius 1 is 1.67 bits per heavy atom. The second-order valence-corrected chi connectivity index (χ2v) is 3.53. The molecule has 0 aliphatic carbocycles. The Balaban J connectivity index is 2.59. The topological polar surface area (TPSA) is 43.0 Å². The van der Waals surface area contributed by atoms with Crippen molar-refractivity contribution < 1.29 is 0 Å². The number of anilines is 1. The molecule has 2 aromatic rings. The molecule has 0 spiro atoms.